The first kappa shape index (κ1) is 24.4. The second-order valence-corrected chi connectivity index (χ2v) is 10.3. The molecule has 0 bridgehead atoms. The van der Waals surface area contributed by atoms with Gasteiger partial charge in [0.1, 0.15) is 34.3 Å². The number of aromatic nitrogens is 2. The molecule has 7 nitrogen and oxygen atoms in total. The number of benzene rings is 1. The van der Waals surface area contributed by atoms with Gasteiger partial charge in [-0.15, -0.1) is 11.3 Å². The number of furan rings is 1. The fourth-order valence-corrected chi connectivity index (χ4v) is 5.64. The lowest BCUT2D eigenvalue weighted by Gasteiger charge is -2.26. The van der Waals surface area contributed by atoms with Crippen molar-refractivity contribution in [1.29, 1.82) is 0 Å². The van der Waals surface area contributed by atoms with Crippen LogP contribution in [0.15, 0.2) is 53.2 Å². The Kier molecular flexibility index (Phi) is 7.04. The van der Waals surface area contributed by atoms with Gasteiger partial charge in [-0.05, 0) is 56.3 Å². The molecular formula is C26H25ClFN5O2S. The molecule has 3 aromatic heterocycles. The average Bonchev–Trinajstić information content (AvgIpc) is 3.44. The molecular weight excluding hydrogens is 501 g/mol. The number of hydrogen-bond acceptors (Lipinski definition) is 7. The zero-order valence-corrected chi connectivity index (χ0v) is 21.5. The van der Waals surface area contributed by atoms with Gasteiger partial charge < -0.3 is 14.6 Å². The zero-order chi connectivity index (χ0) is 25.2. The summed E-state index contributed by atoms with van der Waals surface area (Å²) in [5.41, 5.74) is 1.79. The number of aryl methyl sites for hydroxylation is 1. The third kappa shape index (κ3) is 5.28. The van der Waals surface area contributed by atoms with E-state index in [2.05, 4.69) is 20.2 Å². The largest absolute Gasteiger partial charge is 0.465 e. The van der Waals surface area contributed by atoms with Gasteiger partial charge in [-0.3, -0.25) is 9.69 Å². The number of halogens is 2. The molecule has 10 heteroatoms. The van der Waals surface area contributed by atoms with Gasteiger partial charge in [0.15, 0.2) is 0 Å². The lowest BCUT2D eigenvalue weighted by Crippen LogP contribution is -2.34. The number of carbonyl (C=O) groups is 1. The van der Waals surface area contributed by atoms with Gasteiger partial charge in [0.25, 0.3) is 0 Å². The summed E-state index contributed by atoms with van der Waals surface area (Å²) in [5.74, 6) is 1.97. The van der Waals surface area contributed by atoms with Crippen molar-refractivity contribution in [3.63, 3.8) is 0 Å². The highest BCUT2D eigenvalue weighted by molar-refractivity contribution is 7.19. The maximum atomic E-state index is 13.5. The Labute approximate surface area is 217 Å². The van der Waals surface area contributed by atoms with Gasteiger partial charge in [-0.25, -0.2) is 14.4 Å². The molecule has 0 aliphatic carbocycles. The molecule has 1 amide bonds. The van der Waals surface area contributed by atoms with Crippen LogP contribution in [0.25, 0.3) is 10.2 Å². The third-order valence-electron chi connectivity index (χ3n) is 6.03. The van der Waals surface area contributed by atoms with Crippen molar-refractivity contribution in [2.75, 3.05) is 25.5 Å². The van der Waals surface area contributed by atoms with Crippen LogP contribution < -0.4 is 5.32 Å². The smallest absolute Gasteiger partial charge is 0.246 e. The molecule has 0 saturated heterocycles. The van der Waals surface area contributed by atoms with Crippen LogP contribution in [-0.4, -0.2) is 45.8 Å². The molecule has 0 atom stereocenters. The lowest BCUT2D eigenvalue weighted by molar-refractivity contribution is -0.126. The number of fused-ring (bicyclic) bond motifs is 3. The van der Waals surface area contributed by atoms with Crippen molar-refractivity contribution >= 4 is 50.6 Å². The van der Waals surface area contributed by atoms with E-state index in [1.807, 2.05) is 37.1 Å². The highest BCUT2D eigenvalue weighted by Crippen LogP contribution is 2.38. The predicted octanol–water partition coefficient (Wildman–Crippen LogP) is 5.70. The Morgan fingerprint density at radius 3 is 2.97 bits per heavy atom. The van der Waals surface area contributed by atoms with Crippen LogP contribution in [0, 0.1) is 12.7 Å². The molecule has 1 aliphatic heterocycles. The molecule has 1 aromatic carbocycles. The van der Waals surface area contributed by atoms with Crippen LogP contribution in [-0.2, 0) is 24.3 Å². The molecule has 1 aliphatic rings. The monoisotopic (exact) mass is 525 g/mol. The van der Waals surface area contributed by atoms with Crippen LogP contribution >= 0.6 is 22.9 Å². The van der Waals surface area contributed by atoms with E-state index in [9.17, 15) is 9.18 Å². The van der Waals surface area contributed by atoms with Gasteiger partial charge >= 0.3 is 0 Å². The van der Waals surface area contributed by atoms with E-state index >= 15 is 0 Å². The Morgan fingerprint density at radius 1 is 1.33 bits per heavy atom. The summed E-state index contributed by atoms with van der Waals surface area (Å²) in [6, 6.07) is 8.39. The number of carbonyl (C=O) groups excluding carboxylic acids is 1. The number of rotatable bonds is 7. The third-order valence-corrected chi connectivity index (χ3v) is 7.44. The molecule has 0 saturated carbocycles. The van der Waals surface area contributed by atoms with E-state index in [0.29, 0.717) is 44.1 Å². The molecule has 0 fully saturated rings. The summed E-state index contributed by atoms with van der Waals surface area (Å²) in [7, 11) is 1.99. The van der Waals surface area contributed by atoms with Crippen molar-refractivity contribution in [1.82, 2.24) is 19.8 Å². The first-order chi connectivity index (χ1) is 17.4. The Hall–Kier alpha value is -3.27. The van der Waals surface area contributed by atoms with Crippen molar-refractivity contribution in [2.24, 2.45) is 0 Å². The fourth-order valence-electron chi connectivity index (χ4n) is 4.26. The topological polar surface area (TPSA) is 74.5 Å². The highest BCUT2D eigenvalue weighted by atomic mass is 35.5. The molecule has 4 heterocycles. The van der Waals surface area contributed by atoms with Crippen LogP contribution in [0.4, 0.5) is 15.9 Å². The van der Waals surface area contributed by atoms with E-state index in [1.165, 1.54) is 18.5 Å². The zero-order valence-electron chi connectivity index (χ0n) is 19.9. The number of thiophene rings is 1. The van der Waals surface area contributed by atoms with Crippen molar-refractivity contribution in [3.05, 3.63) is 81.6 Å². The van der Waals surface area contributed by atoms with Crippen LogP contribution in [0.3, 0.4) is 0 Å². The molecule has 4 aromatic rings. The standard InChI is InChI=1S/C26H25ClFN5O2S/c1-16-5-7-18(35-16)13-32(2)10-3-4-23(34)33-11-9-19-22(14-33)36-26-24(19)25(29-15-30-26)31-17-6-8-21(28)20(27)12-17/h3-8,12,15H,9-11,13-14H2,1-2H3,(H,29,30,31)/b4-3+. The number of likely N-dealkylation sites (N-methyl/N-ethyl adjacent to an activating group) is 1. The van der Waals surface area contributed by atoms with Crippen molar-refractivity contribution in [3.8, 4) is 0 Å². The Balaban J connectivity index is 1.26. The second-order valence-electron chi connectivity index (χ2n) is 8.78. The van der Waals surface area contributed by atoms with Gasteiger partial charge in [0.2, 0.25) is 5.91 Å². The van der Waals surface area contributed by atoms with Crippen molar-refractivity contribution in [2.45, 2.75) is 26.4 Å². The summed E-state index contributed by atoms with van der Waals surface area (Å²) in [4.78, 5) is 27.6. The number of anilines is 2. The van der Waals surface area contributed by atoms with E-state index in [4.69, 9.17) is 16.0 Å². The fraction of sp³-hybridized carbons (Fsp3) is 0.269. The average molecular weight is 526 g/mol. The second kappa shape index (κ2) is 10.4. The van der Waals surface area contributed by atoms with Gasteiger partial charge in [-0.2, -0.15) is 0 Å². The first-order valence-electron chi connectivity index (χ1n) is 11.5. The number of amides is 1. The van der Waals surface area contributed by atoms with Gasteiger partial charge in [-0.1, -0.05) is 17.7 Å². The van der Waals surface area contributed by atoms with Gasteiger partial charge in [0, 0.05) is 29.7 Å². The molecule has 0 spiro atoms. The summed E-state index contributed by atoms with van der Waals surface area (Å²) in [6.07, 6.45) is 5.75. The van der Waals surface area contributed by atoms with Crippen LogP contribution in [0.5, 0.6) is 0 Å². The molecule has 186 valence electrons. The maximum absolute atomic E-state index is 13.5. The van der Waals surface area contributed by atoms with Crippen LogP contribution in [0.2, 0.25) is 5.02 Å². The van der Waals surface area contributed by atoms with E-state index in [0.717, 1.165) is 32.2 Å². The molecule has 0 radical (unpaired) electrons. The molecule has 36 heavy (non-hydrogen) atoms. The number of nitrogens with zero attached hydrogens (tertiary/aromatic N) is 4. The molecule has 5 rings (SSSR count). The highest BCUT2D eigenvalue weighted by Gasteiger charge is 2.25. The number of hydrogen-bond donors (Lipinski definition) is 1. The van der Waals surface area contributed by atoms with Crippen molar-refractivity contribution < 1.29 is 13.6 Å². The normalized spacial score (nSPS) is 13.6. The van der Waals surface area contributed by atoms with E-state index < -0.39 is 5.82 Å². The molecule has 1 N–H and O–H groups in total. The SMILES string of the molecule is Cc1ccc(CN(C)C/C=C/C(=O)N2CCc3c(sc4ncnc(Nc5ccc(F)c(Cl)c5)c34)C2)o1. The summed E-state index contributed by atoms with van der Waals surface area (Å²) < 4.78 is 19.2. The van der Waals surface area contributed by atoms with Gasteiger partial charge in [0.05, 0.1) is 23.5 Å². The lowest BCUT2D eigenvalue weighted by atomic mass is 10.0. The van der Waals surface area contributed by atoms with Crippen LogP contribution in [0.1, 0.15) is 22.0 Å². The minimum absolute atomic E-state index is 0.00858. The molecule has 0 unspecified atom stereocenters. The summed E-state index contributed by atoms with van der Waals surface area (Å²) in [5, 5.41) is 4.23. The predicted molar refractivity (Wildman–Crippen MR) is 140 cm³/mol. The summed E-state index contributed by atoms with van der Waals surface area (Å²) in [6.45, 7) is 4.39. The van der Waals surface area contributed by atoms with E-state index in [1.54, 1.807) is 23.5 Å². The number of nitrogens with one attached hydrogen (secondary N) is 1. The minimum Gasteiger partial charge on any atom is -0.465 e. The Bertz CT molecular complexity index is 1450. The minimum atomic E-state index is -0.471. The Morgan fingerprint density at radius 2 is 2.19 bits per heavy atom. The summed E-state index contributed by atoms with van der Waals surface area (Å²) >= 11 is 7.50. The first-order valence-corrected chi connectivity index (χ1v) is 12.7. The quantitative estimate of drug-likeness (QED) is 0.312. The van der Waals surface area contributed by atoms with E-state index in [-0.39, 0.29) is 10.9 Å². The maximum Gasteiger partial charge on any atom is 0.246 e.